The van der Waals surface area contributed by atoms with Crippen molar-refractivity contribution in [3.05, 3.63) is 0 Å². The van der Waals surface area contributed by atoms with Gasteiger partial charge in [0.05, 0.1) is 0 Å². The lowest BCUT2D eigenvalue weighted by molar-refractivity contribution is -0.137. The van der Waals surface area contributed by atoms with Crippen LogP contribution in [-0.2, 0) is 4.79 Å². The Hall–Kier alpha value is -0.570. The van der Waals surface area contributed by atoms with E-state index in [1.54, 1.807) is 0 Å². The highest BCUT2D eigenvalue weighted by atomic mass is 16.4. The van der Waals surface area contributed by atoms with Crippen molar-refractivity contribution in [2.45, 2.75) is 71.3 Å². The Bertz CT molecular complexity index is 233. The van der Waals surface area contributed by atoms with Crippen LogP contribution in [0.25, 0.3) is 0 Å². The molecule has 0 aromatic heterocycles. The molecule has 0 amide bonds. The van der Waals surface area contributed by atoms with Gasteiger partial charge in [-0.3, -0.25) is 4.79 Å². The van der Waals surface area contributed by atoms with E-state index in [0.29, 0.717) is 12.5 Å². The highest BCUT2D eigenvalue weighted by molar-refractivity contribution is 5.66. The van der Waals surface area contributed by atoms with Crippen molar-refractivity contribution in [2.24, 2.45) is 5.92 Å². The van der Waals surface area contributed by atoms with Gasteiger partial charge in [-0.05, 0) is 45.6 Å². The molecule has 106 valence electrons. The zero-order valence-electron chi connectivity index (χ0n) is 12.0. The van der Waals surface area contributed by atoms with E-state index in [1.165, 1.54) is 38.5 Å². The van der Waals surface area contributed by atoms with Crippen LogP contribution in [-0.4, -0.2) is 35.1 Å². The average Bonchev–Trinajstić information content (AvgIpc) is 2.55. The van der Waals surface area contributed by atoms with Crippen LogP contribution in [0.2, 0.25) is 0 Å². The number of carboxylic acids is 1. The number of rotatable bonds is 7. The number of aliphatic carboxylic acids is 1. The average molecular weight is 255 g/mol. The molecule has 1 rings (SSSR count). The van der Waals surface area contributed by atoms with Crippen molar-refractivity contribution in [1.82, 2.24) is 4.90 Å². The molecule has 1 N–H and O–H groups in total. The standard InChI is InChI=1S/C15H29NO2/c1-13(2)16(11-7-10-15(17)18)12-14-8-5-3-4-6-9-14/h13-14H,3-12H2,1-2H3,(H,17,18). The van der Waals surface area contributed by atoms with Crippen LogP contribution >= 0.6 is 0 Å². The van der Waals surface area contributed by atoms with Crippen molar-refractivity contribution >= 4 is 5.97 Å². The van der Waals surface area contributed by atoms with E-state index in [-0.39, 0.29) is 0 Å². The highest BCUT2D eigenvalue weighted by Crippen LogP contribution is 2.24. The van der Waals surface area contributed by atoms with Gasteiger partial charge in [-0.25, -0.2) is 0 Å². The van der Waals surface area contributed by atoms with E-state index in [0.717, 1.165) is 25.4 Å². The first kappa shape index (κ1) is 15.5. The van der Waals surface area contributed by atoms with Gasteiger partial charge in [0, 0.05) is 19.0 Å². The normalized spacial score (nSPS) is 18.2. The third kappa shape index (κ3) is 6.39. The fourth-order valence-corrected chi connectivity index (χ4v) is 2.87. The summed E-state index contributed by atoms with van der Waals surface area (Å²) in [5.41, 5.74) is 0. The second-order valence-corrected chi connectivity index (χ2v) is 5.94. The summed E-state index contributed by atoms with van der Waals surface area (Å²) in [7, 11) is 0. The summed E-state index contributed by atoms with van der Waals surface area (Å²) >= 11 is 0. The molecule has 0 radical (unpaired) electrons. The van der Waals surface area contributed by atoms with Crippen molar-refractivity contribution in [3.8, 4) is 0 Å². The zero-order chi connectivity index (χ0) is 13.4. The van der Waals surface area contributed by atoms with Crippen LogP contribution < -0.4 is 0 Å². The minimum Gasteiger partial charge on any atom is -0.481 e. The maximum Gasteiger partial charge on any atom is 0.303 e. The fourth-order valence-electron chi connectivity index (χ4n) is 2.87. The topological polar surface area (TPSA) is 40.5 Å². The van der Waals surface area contributed by atoms with Crippen LogP contribution in [0, 0.1) is 5.92 Å². The third-order valence-corrected chi connectivity index (χ3v) is 4.03. The second kappa shape index (κ2) is 8.52. The molecule has 0 heterocycles. The first-order valence-corrected chi connectivity index (χ1v) is 7.55. The van der Waals surface area contributed by atoms with E-state index in [4.69, 9.17) is 5.11 Å². The maximum absolute atomic E-state index is 10.6. The van der Waals surface area contributed by atoms with E-state index in [1.807, 2.05) is 0 Å². The second-order valence-electron chi connectivity index (χ2n) is 5.94. The number of hydrogen-bond acceptors (Lipinski definition) is 2. The summed E-state index contributed by atoms with van der Waals surface area (Å²) in [6.45, 7) is 6.53. The van der Waals surface area contributed by atoms with Gasteiger partial charge in [0.15, 0.2) is 0 Å². The highest BCUT2D eigenvalue weighted by Gasteiger charge is 2.18. The molecule has 0 atom stereocenters. The predicted molar refractivity (Wildman–Crippen MR) is 74.8 cm³/mol. The summed E-state index contributed by atoms with van der Waals surface area (Å²) < 4.78 is 0. The largest absolute Gasteiger partial charge is 0.481 e. The molecule has 0 aliphatic heterocycles. The molecule has 1 aliphatic rings. The van der Waals surface area contributed by atoms with Gasteiger partial charge in [-0.2, -0.15) is 0 Å². The van der Waals surface area contributed by atoms with Crippen molar-refractivity contribution in [3.63, 3.8) is 0 Å². The van der Waals surface area contributed by atoms with Crippen molar-refractivity contribution in [1.29, 1.82) is 0 Å². The van der Waals surface area contributed by atoms with Crippen LogP contribution in [0.1, 0.15) is 65.2 Å². The summed E-state index contributed by atoms with van der Waals surface area (Å²) in [4.78, 5) is 13.0. The third-order valence-electron chi connectivity index (χ3n) is 4.03. The molecule has 3 heteroatoms. The van der Waals surface area contributed by atoms with Crippen LogP contribution in [0.3, 0.4) is 0 Å². The Morgan fingerprint density at radius 1 is 1.22 bits per heavy atom. The quantitative estimate of drug-likeness (QED) is 0.707. The maximum atomic E-state index is 10.6. The lowest BCUT2D eigenvalue weighted by atomic mass is 9.99. The number of nitrogens with zero attached hydrogens (tertiary/aromatic N) is 1. The molecule has 1 fully saturated rings. The SMILES string of the molecule is CC(C)N(CCCC(=O)O)CC1CCCCCC1. The first-order chi connectivity index (χ1) is 8.59. The van der Waals surface area contributed by atoms with Gasteiger partial charge in [-0.15, -0.1) is 0 Å². The molecular formula is C15H29NO2. The molecule has 1 aliphatic carbocycles. The van der Waals surface area contributed by atoms with Gasteiger partial charge in [0.2, 0.25) is 0 Å². The van der Waals surface area contributed by atoms with Gasteiger partial charge >= 0.3 is 5.97 Å². The molecule has 0 bridgehead atoms. The van der Waals surface area contributed by atoms with Gasteiger partial charge in [0.1, 0.15) is 0 Å². The molecule has 18 heavy (non-hydrogen) atoms. The molecule has 0 aromatic rings. The Morgan fingerprint density at radius 2 is 1.83 bits per heavy atom. The molecule has 1 saturated carbocycles. The van der Waals surface area contributed by atoms with Gasteiger partial charge in [0.25, 0.3) is 0 Å². The van der Waals surface area contributed by atoms with Gasteiger partial charge in [-0.1, -0.05) is 25.7 Å². The summed E-state index contributed by atoms with van der Waals surface area (Å²) in [6, 6.07) is 0.530. The number of carboxylic acid groups (broad SMARTS) is 1. The van der Waals surface area contributed by atoms with E-state index in [9.17, 15) is 4.79 Å². The van der Waals surface area contributed by atoms with Crippen LogP contribution in [0.15, 0.2) is 0 Å². The Morgan fingerprint density at radius 3 is 2.33 bits per heavy atom. The van der Waals surface area contributed by atoms with Crippen LogP contribution in [0.4, 0.5) is 0 Å². The lowest BCUT2D eigenvalue weighted by Gasteiger charge is -2.30. The molecule has 0 spiro atoms. The Balaban J connectivity index is 2.33. The summed E-state index contributed by atoms with van der Waals surface area (Å²) in [5.74, 6) is 0.160. The lowest BCUT2D eigenvalue weighted by Crippen LogP contribution is -2.36. The van der Waals surface area contributed by atoms with Crippen molar-refractivity contribution in [2.75, 3.05) is 13.1 Å². The molecule has 0 saturated heterocycles. The van der Waals surface area contributed by atoms with Crippen molar-refractivity contribution < 1.29 is 9.90 Å². The monoisotopic (exact) mass is 255 g/mol. The number of carbonyl (C=O) groups is 1. The minimum absolute atomic E-state index is 0.299. The molecular weight excluding hydrogens is 226 g/mol. The number of hydrogen-bond donors (Lipinski definition) is 1. The zero-order valence-corrected chi connectivity index (χ0v) is 12.0. The summed E-state index contributed by atoms with van der Waals surface area (Å²) in [5, 5.41) is 8.71. The summed E-state index contributed by atoms with van der Waals surface area (Å²) in [6.07, 6.45) is 9.37. The van der Waals surface area contributed by atoms with Crippen LogP contribution in [0.5, 0.6) is 0 Å². The Labute approximate surface area is 112 Å². The molecule has 3 nitrogen and oxygen atoms in total. The van der Waals surface area contributed by atoms with E-state index < -0.39 is 5.97 Å². The fraction of sp³-hybridized carbons (Fsp3) is 0.933. The smallest absolute Gasteiger partial charge is 0.303 e. The first-order valence-electron chi connectivity index (χ1n) is 7.55. The predicted octanol–water partition coefficient (Wildman–Crippen LogP) is 3.53. The minimum atomic E-state index is -0.673. The van der Waals surface area contributed by atoms with Gasteiger partial charge < -0.3 is 10.0 Å². The molecule has 0 aromatic carbocycles. The van der Waals surface area contributed by atoms with E-state index >= 15 is 0 Å². The Kier molecular flexibility index (Phi) is 7.33. The van der Waals surface area contributed by atoms with E-state index in [2.05, 4.69) is 18.7 Å². The molecule has 0 unspecified atom stereocenters.